The van der Waals surface area contributed by atoms with E-state index in [4.69, 9.17) is 4.74 Å². The molecule has 0 radical (unpaired) electrons. The molecule has 1 aromatic heterocycles. The van der Waals surface area contributed by atoms with E-state index in [0.717, 1.165) is 28.2 Å². The number of nitrogens with zero attached hydrogens (tertiary/aromatic N) is 1. The van der Waals surface area contributed by atoms with Crippen molar-refractivity contribution in [1.82, 2.24) is 9.88 Å². The average molecular weight is 408 g/mol. The van der Waals surface area contributed by atoms with Crippen LogP contribution in [0, 0.1) is 0 Å². The predicted octanol–water partition coefficient (Wildman–Crippen LogP) is 3.74. The SMILES string of the molecule is O=C1NC(=O)/C(=C/c2ccc(OCCn3c(C(=O)O)cc4ccccc43)cc2)S1. The number of carbonyl (C=O) groups excluding carboxylic acids is 2. The smallest absolute Gasteiger partial charge is 0.352 e. The van der Waals surface area contributed by atoms with Gasteiger partial charge in [-0.3, -0.25) is 14.9 Å². The second-order valence-corrected chi connectivity index (χ2v) is 7.33. The average Bonchev–Trinajstić information content (AvgIpc) is 3.23. The first kappa shape index (κ1) is 18.8. The van der Waals surface area contributed by atoms with Crippen LogP contribution in [0.15, 0.2) is 59.5 Å². The van der Waals surface area contributed by atoms with Gasteiger partial charge < -0.3 is 14.4 Å². The number of imide groups is 1. The van der Waals surface area contributed by atoms with Crippen molar-refractivity contribution in [3.63, 3.8) is 0 Å². The van der Waals surface area contributed by atoms with Gasteiger partial charge in [-0.25, -0.2) is 4.79 Å². The van der Waals surface area contributed by atoms with E-state index >= 15 is 0 Å². The third kappa shape index (κ3) is 4.02. The lowest BCUT2D eigenvalue weighted by Gasteiger charge is -2.10. The minimum absolute atomic E-state index is 0.221. The van der Waals surface area contributed by atoms with Gasteiger partial charge in [0.05, 0.1) is 11.4 Å². The van der Waals surface area contributed by atoms with Crippen LogP contribution in [0.1, 0.15) is 16.1 Å². The number of aromatic nitrogens is 1. The molecule has 2 heterocycles. The van der Waals surface area contributed by atoms with Crippen LogP contribution >= 0.6 is 11.8 Å². The number of thioether (sulfide) groups is 1. The van der Waals surface area contributed by atoms with Crippen LogP contribution in [-0.4, -0.2) is 33.4 Å². The van der Waals surface area contributed by atoms with E-state index in [-0.39, 0.29) is 10.9 Å². The Kier molecular flexibility index (Phi) is 5.09. The van der Waals surface area contributed by atoms with Gasteiger partial charge in [0, 0.05) is 10.9 Å². The molecule has 0 atom stereocenters. The molecule has 2 N–H and O–H groups in total. The van der Waals surface area contributed by atoms with Crippen molar-refractivity contribution in [2.45, 2.75) is 6.54 Å². The molecular weight excluding hydrogens is 392 g/mol. The van der Waals surface area contributed by atoms with E-state index in [1.165, 1.54) is 0 Å². The van der Waals surface area contributed by atoms with Crippen molar-refractivity contribution in [2.75, 3.05) is 6.61 Å². The highest BCUT2D eigenvalue weighted by Gasteiger charge is 2.24. The molecule has 7 nitrogen and oxygen atoms in total. The van der Waals surface area contributed by atoms with Crippen LogP contribution in [0.3, 0.4) is 0 Å². The Hall–Kier alpha value is -3.52. The number of rotatable bonds is 6. The molecule has 3 aromatic rings. The number of hydrogen-bond donors (Lipinski definition) is 2. The molecule has 2 aromatic carbocycles. The van der Waals surface area contributed by atoms with Crippen molar-refractivity contribution in [1.29, 1.82) is 0 Å². The molecule has 1 aliphatic heterocycles. The normalized spacial score (nSPS) is 15.1. The fourth-order valence-electron chi connectivity index (χ4n) is 3.12. The summed E-state index contributed by atoms with van der Waals surface area (Å²) in [4.78, 5) is 34.7. The van der Waals surface area contributed by atoms with Crippen LogP contribution in [-0.2, 0) is 11.3 Å². The number of carboxylic acids is 1. The highest BCUT2D eigenvalue weighted by molar-refractivity contribution is 8.18. The number of nitrogens with one attached hydrogen (secondary N) is 1. The molecule has 146 valence electrons. The Morgan fingerprint density at radius 1 is 1.14 bits per heavy atom. The largest absolute Gasteiger partial charge is 0.492 e. The quantitative estimate of drug-likeness (QED) is 0.603. The summed E-state index contributed by atoms with van der Waals surface area (Å²) in [6, 6.07) is 16.2. The minimum Gasteiger partial charge on any atom is -0.492 e. The first-order valence-corrected chi connectivity index (χ1v) is 9.62. The predicted molar refractivity (Wildman–Crippen MR) is 110 cm³/mol. The number of carbonyl (C=O) groups is 3. The standard InChI is InChI=1S/C21H16N2O5S/c24-19-18(29-21(27)22-19)11-13-5-7-15(8-6-13)28-10-9-23-16-4-2-1-3-14(16)12-17(23)20(25)26/h1-8,11-12H,9-10H2,(H,25,26)(H,22,24,27)/b18-11-. The zero-order valence-corrected chi connectivity index (χ0v) is 15.9. The van der Waals surface area contributed by atoms with Crippen molar-refractivity contribution in [3.05, 3.63) is 70.8 Å². The molecule has 4 rings (SSSR count). The van der Waals surface area contributed by atoms with E-state index in [2.05, 4.69) is 5.32 Å². The summed E-state index contributed by atoms with van der Waals surface area (Å²) in [6.07, 6.45) is 1.64. The van der Waals surface area contributed by atoms with Gasteiger partial charge in [0.15, 0.2) is 0 Å². The van der Waals surface area contributed by atoms with Crippen molar-refractivity contribution in [2.24, 2.45) is 0 Å². The Bertz CT molecular complexity index is 1150. The lowest BCUT2D eigenvalue weighted by atomic mass is 10.2. The van der Waals surface area contributed by atoms with Crippen molar-refractivity contribution in [3.8, 4) is 5.75 Å². The summed E-state index contributed by atoms with van der Waals surface area (Å²) in [5.74, 6) is -0.750. The fourth-order valence-corrected chi connectivity index (χ4v) is 3.80. The topological polar surface area (TPSA) is 97.6 Å². The number of ether oxygens (including phenoxy) is 1. The first-order chi connectivity index (χ1) is 14.0. The van der Waals surface area contributed by atoms with Gasteiger partial charge in [-0.2, -0.15) is 0 Å². The highest BCUT2D eigenvalue weighted by atomic mass is 32.2. The molecule has 29 heavy (non-hydrogen) atoms. The molecule has 0 spiro atoms. The summed E-state index contributed by atoms with van der Waals surface area (Å²) in [6.45, 7) is 0.687. The van der Waals surface area contributed by atoms with Gasteiger partial charge in [0.25, 0.3) is 11.1 Å². The van der Waals surface area contributed by atoms with Gasteiger partial charge in [0.1, 0.15) is 18.1 Å². The van der Waals surface area contributed by atoms with Gasteiger partial charge in [-0.05, 0) is 47.7 Å². The van der Waals surface area contributed by atoms with Crippen LogP contribution < -0.4 is 10.1 Å². The van der Waals surface area contributed by atoms with E-state index in [1.807, 2.05) is 24.3 Å². The molecule has 8 heteroatoms. The summed E-state index contributed by atoms with van der Waals surface area (Å²) in [5.41, 5.74) is 1.84. The minimum atomic E-state index is -0.981. The Morgan fingerprint density at radius 2 is 1.90 bits per heavy atom. The van der Waals surface area contributed by atoms with Crippen LogP contribution in [0.4, 0.5) is 4.79 Å². The Balaban J connectivity index is 1.43. The van der Waals surface area contributed by atoms with Crippen LogP contribution in [0.5, 0.6) is 5.75 Å². The molecule has 2 amide bonds. The van der Waals surface area contributed by atoms with Crippen LogP contribution in [0.2, 0.25) is 0 Å². The fraction of sp³-hybridized carbons (Fsp3) is 0.0952. The molecule has 0 saturated carbocycles. The lowest BCUT2D eigenvalue weighted by molar-refractivity contribution is -0.115. The van der Waals surface area contributed by atoms with Crippen molar-refractivity contribution < 1.29 is 24.2 Å². The summed E-state index contributed by atoms with van der Waals surface area (Å²) in [5, 5.41) is 12.2. The zero-order valence-electron chi connectivity index (χ0n) is 15.1. The number of para-hydroxylation sites is 1. The molecular formula is C21H16N2O5S. The Labute approximate surface area is 170 Å². The second kappa shape index (κ2) is 7.84. The number of hydrogen-bond acceptors (Lipinski definition) is 5. The first-order valence-electron chi connectivity index (χ1n) is 8.80. The third-order valence-corrected chi connectivity index (χ3v) is 5.24. The van der Waals surface area contributed by atoms with Gasteiger partial charge >= 0.3 is 5.97 Å². The number of aromatic carboxylic acids is 1. The number of amides is 2. The number of fused-ring (bicyclic) bond motifs is 1. The molecule has 1 saturated heterocycles. The summed E-state index contributed by atoms with van der Waals surface area (Å²) < 4.78 is 7.48. The van der Waals surface area contributed by atoms with Gasteiger partial charge in [-0.1, -0.05) is 30.3 Å². The van der Waals surface area contributed by atoms with E-state index in [1.54, 1.807) is 41.0 Å². The second-order valence-electron chi connectivity index (χ2n) is 6.31. The highest BCUT2D eigenvalue weighted by Crippen LogP contribution is 2.26. The van der Waals surface area contributed by atoms with E-state index in [0.29, 0.717) is 23.8 Å². The maximum absolute atomic E-state index is 11.6. The van der Waals surface area contributed by atoms with E-state index < -0.39 is 11.9 Å². The van der Waals surface area contributed by atoms with Crippen molar-refractivity contribution >= 4 is 45.9 Å². The summed E-state index contributed by atoms with van der Waals surface area (Å²) in [7, 11) is 0. The van der Waals surface area contributed by atoms with Gasteiger partial charge in [-0.15, -0.1) is 0 Å². The van der Waals surface area contributed by atoms with Gasteiger partial charge in [0.2, 0.25) is 0 Å². The monoisotopic (exact) mass is 408 g/mol. The molecule has 1 aliphatic rings. The molecule has 0 aliphatic carbocycles. The Morgan fingerprint density at radius 3 is 2.59 bits per heavy atom. The number of benzene rings is 2. The molecule has 0 unspecified atom stereocenters. The zero-order chi connectivity index (χ0) is 20.4. The molecule has 1 fully saturated rings. The van der Waals surface area contributed by atoms with Crippen LogP contribution in [0.25, 0.3) is 17.0 Å². The lowest BCUT2D eigenvalue weighted by Crippen LogP contribution is -2.17. The molecule has 0 bridgehead atoms. The maximum Gasteiger partial charge on any atom is 0.352 e. The maximum atomic E-state index is 11.6. The number of carboxylic acid groups (broad SMARTS) is 1. The van der Waals surface area contributed by atoms with E-state index in [9.17, 15) is 19.5 Å². The summed E-state index contributed by atoms with van der Waals surface area (Å²) >= 11 is 0.869. The third-order valence-electron chi connectivity index (χ3n) is 4.43.